The van der Waals surface area contributed by atoms with Crippen LogP contribution < -0.4 is 15.5 Å². The third kappa shape index (κ3) is 6.08. The quantitative estimate of drug-likeness (QED) is 0.452. The molecule has 39 heavy (non-hydrogen) atoms. The maximum absolute atomic E-state index is 13.4. The van der Waals surface area contributed by atoms with Crippen molar-refractivity contribution in [1.29, 1.82) is 0 Å². The molecule has 4 heterocycles. The van der Waals surface area contributed by atoms with Gasteiger partial charge in [0.15, 0.2) is 0 Å². The highest BCUT2D eigenvalue weighted by atomic mass is 35.5. The number of carbonyl (C=O) groups excluding carboxylic acids is 1. The number of ether oxygens (including phenoxy) is 1. The van der Waals surface area contributed by atoms with Crippen molar-refractivity contribution in [3.05, 3.63) is 58.6 Å². The number of hydrogen-bond donors (Lipinski definition) is 2. The Morgan fingerprint density at radius 3 is 2.56 bits per heavy atom. The summed E-state index contributed by atoms with van der Waals surface area (Å²) < 4.78 is 44.4. The lowest BCUT2D eigenvalue weighted by Gasteiger charge is -2.34. The molecule has 2 atom stereocenters. The van der Waals surface area contributed by atoms with E-state index >= 15 is 0 Å². The lowest BCUT2D eigenvalue weighted by molar-refractivity contribution is -0.145. The van der Waals surface area contributed by atoms with E-state index in [1.807, 2.05) is 24.1 Å². The zero-order chi connectivity index (χ0) is 27.6. The third-order valence-corrected chi connectivity index (χ3v) is 7.52. The zero-order valence-corrected chi connectivity index (χ0v) is 22.1. The summed E-state index contributed by atoms with van der Waals surface area (Å²) in [5.41, 5.74) is 1.41. The average Bonchev–Trinajstić information content (AvgIpc) is 3.43. The molecule has 0 bridgehead atoms. The van der Waals surface area contributed by atoms with Gasteiger partial charge in [0.25, 0.3) is 5.91 Å². The Balaban J connectivity index is 1.37. The number of carbonyl (C=O) groups is 1. The van der Waals surface area contributed by atoms with Crippen molar-refractivity contribution in [2.45, 2.75) is 24.7 Å². The monoisotopic (exact) mass is 563 g/mol. The number of hydrogen-bond acceptors (Lipinski definition) is 8. The Labute approximate surface area is 228 Å². The molecule has 2 N–H and O–H groups in total. The van der Waals surface area contributed by atoms with Gasteiger partial charge in [0.05, 0.1) is 35.4 Å². The number of likely N-dealkylation sites (N-methyl/N-ethyl adjacent to an activating group) is 1. The van der Waals surface area contributed by atoms with Crippen molar-refractivity contribution in [2.24, 2.45) is 0 Å². The maximum Gasteiger partial charge on any atom is 0.451 e. The van der Waals surface area contributed by atoms with E-state index in [1.165, 1.54) is 0 Å². The van der Waals surface area contributed by atoms with Crippen molar-refractivity contribution in [3.63, 3.8) is 0 Å². The molecule has 9 nitrogen and oxygen atoms in total. The highest BCUT2D eigenvalue weighted by molar-refractivity contribution is 6.35. The summed E-state index contributed by atoms with van der Waals surface area (Å²) in [7, 11) is 1.95. The third-order valence-electron chi connectivity index (χ3n) is 7.21. The Morgan fingerprint density at radius 1 is 1.15 bits per heavy atom. The Morgan fingerprint density at radius 2 is 1.90 bits per heavy atom. The van der Waals surface area contributed by atoms with E-state index in [1.54, 1.807) is 12.1 Å². The van der Waals surface area contributed by atoms with Crippen LogP contribution in [-0.2, 0) is 10.9 Å². The fourth-order valence-electron chi connectivity index (χ4n) is 5.06. The molecule has 2 aliphatic rings. The number of aromatic nitrogens is 3. The van der Waals surface area contributed by atoms with Crippen LogP contribution in [0.5, 0.6) is 0 Å². The number of benzene rings is 1. The van der Waals surface area contributed by atoms with Gasteiger partial charge >= 0.3 is 6.18 Å². The van der Waals surface area contributed by atoms with Gasteiger partial charge in [-0.1, -0.05) is 11.6 Å². The van der Waals surface area contributed by atoms with Crippen molar-refractivity contribution in [3.8, 4) is 0 Å². The fraction of sp³-hybridized carbons (Fsp3) is 0.462. The second-order valence-corrected chi connectivity index (χ2v) is 10.00. The van der Waals surface area contributed by atoms with Crippen LogP contribution in [-0.4, -0.2) is 84.8 Å². The Hall–Kier alpha value is -3.06. The molecule has 208 valence electrons. The molecule has 0 radical (unpaired) electrons. The molecule has 2 fully saturated rings. The van der Waals surface area contributed by atoms with Gasteiger partial charge in [-0.25, -0.2) is 15.0 Å². The molecule has 1 aromatic carbocycles. The van der Waals surface area contributed by atoms with Crippen molar-refractivity contribution >= 4 is 34.2 Å². The first-order valence-electron chi connectivity index (χ1n) is 12.7. The maximum atomic E-state index is 13.4. The smallest absolute Gasteiger partial charge is 0.379 e. The van der Waals surface area contributed by atoms with E-state index in [-0.39, 0.29) is 11.6 Å². The minimum absolute atomic E-state index is 0.116. The number of fused-ring (bicyclic) bond motifs is 1. The normalized spacial score (nSPS) is 19.4. The molecular weight excluding hydrogens is 535 g/mol. The molecule has 1 amide bonds. The standard InChI is InChI=1S/C26H29ClF3N7O2/c1-31-17-6-7-37(15-17)22-5-2-18-20(35-22)4-3-19(27)23(18)24(38)32-14-21(36-8-10-39-11-9-36)16-12-33-25(34-13-16)26(28,29)30/h2-5,12-13,17,21,31H,6-11,14-15H2,1H3,(H,32,38)/t17-,21?/m1/s1. The predicted molar refractivity (Wildman–Crippen MR) is 141 cm³/mol. The molecule has 2 aromatic heterocycles. The summed E-state index contributed by atoms with van der Waals surface area (Å²) in [6.07, 6.45) is -1.28. The van der Waals surface area contributed by atoms with Crippen molar-refractivity contribution in [1.82, 2.24) is 30.5 Å². The number of pyridine rings is 1. The van der Waals surface area contributed by atoms with Crippen molar-refractivity contribution in [2.75, 3.05) is 57.9 Å². The van der Waals surface area contributed by atoms with Crippen LogP contribution in [0.15, 0.2) is 36.7 Å². The Bertz CT molecular complexity index is 1320. The van der Waals surface area contributed by atoms with Gasteiger partial charge in [-0.2, -0.15) is 13.2 Å². The highest BCUT2D eigenvalue weighted by Gasteiger charge is 2.35. The van der Waals surface area contributed by atoms with Gasteiger partial charge in [0.1, 0.15) is 5.82 Å². The summed E-state index contributed by atoms with van der Waals surface area (Å²) in [6, 6.07) is 7.15. The summed E-state index contributed by atoms with van der Waals surface area (Å²) >= 11 is 6.48. The molecule has 0 saturated carbocycles. The molecule has 5 rings (SSSR count). The molecule has 0 spiro atoms. The van der Waals surface area contributed by atoms with E-state index in [2.05, 4.69) is 25.5 Å². The first-order valence-corrected chi connectivity index (χ1v) is 13.1. The van der Waals surface area contributed by atoms with Crippen LogP contribution in [0.2, 0.25) is 5.02 Å². The number of halogens is 4. The van der Waals surface area contributed by atoms with Gasteiger partial charge in [0.2, 0.25) is 5.82 Å². The van der Waals surface area contributed by atoms with Gasteiger partial charge < -0.3 is 20.3 Å². The van der Waals surface area contributed by atoms with Crippen LogP contribution in [0.3, 0.4) is 0 Å². The average molecular weight is 564 g/mol. The van der Waals surface area contributed by atoms with E-state index in [0.717, 1.165) is 37.7 Å². The van der Waals surface area contributed by atoms with Crippen LogP contribution in [0, 0.1) is 0 Å². The van der Waals surface area contributed by atoms with Crippen molar-refractivity contribution < 1.29 is 22.7 Å². The number of alkyl halides is 3. The molecule has 3 aromatic rings. The molecule has 2 saturated heterocycles. The van der Waals surface area contributed by atoms with Crippen LogP contribution in [0.4, 0.5) is 19.0 Å². The van der Waals surface area contributed by atoms with E-state index in [4.69, 9.17) is 21.3 Å². The molecule has 0 aliphatic carbocycles. The van der Waals surface area contributed by atoms with Gasteiger partial charge in [0, 0.05) is 62.1 Å². The molecule has 13 heteroatoms. The fourth-order valence-corrected chi connectivity index (χ4v) is 5.31. The van der Waals surface area contributed by atoms with Gasteiger partial charge in [-0.05, 0) is 37.7 Å². The number of morpholine rings is 1. The first kappa shape index (κ1) is 27.5. The topological polar surface area (TPSA) is 95.5 Å². The van der Waals surface area contributed by atoms with Crippen LogP contribution in [0.25, 0.3) is 10.9 Å². The minimum atomic E-state index is -4.64. The van der Waals surface area contributed by atoms with E-state index in [0.29, 0.717) is 54.4 Å². The lowest BCUT2D eigenvalue weighted by Crippen LogP contribution is -2.44. The predicted octanol–water partition coefficient (Wildman–Crippen LogP) is 3.30. The summed E-state index contributed by atoms with van der Waals surface area (Å²) in [4.78, 5) is 29.5. The minimum Gasteiger partial charge on any atom is -0.379 e. The number of amides is 1. The largest absolute Gasteiger partial charge is 0.451 e. The second-order valence-electron chi connectivity index (χ2n) is 9.59. The first-order chi connectivity index (χ1) is 18.7. The van der Waals surface area contributed by atoms with Gasteiger partial charge in [-0.15, -0.1) is 0 Å². The van der Waals surface area contributed by atoms with Gasteiger partial charge in [-0.3, -0.25) is 9.69 Å². The number of rotatable bonds is 7. The summed E-state index contributed by atoms with van der Waals surface area (Å²) in [5.74, 6) is -0.771. The zero-order valence-electron chi connectivity index (χ0n) is 21.3. The SMILES string of the molecule is CN[C@@H]1CCN(c2ccc3c(C(=O)NCC(c4cnc(C(F)(F)F)nc4)N4CCOCC4)c(Cl)ccc3n2)C1. The Kier molecular flexibility index (Phi) is 8.17. The summed E-state index contributed by atoms with van der Waals surface area (Å²) in [6.45, 7) is 3.91. The summed E-state index contributed by atoms with van der Waals surface area (Å²) in [5, 5.41) is 7.12. The molecule has 1 unspecified atom stereocenters. The van der Waals surface area contributed by atoms with Crippen LogP contribution >= 0.6 is 11.6 Å². The second kappa shape index (κ2) is 11.6. The number of anilines is 1. The molecular formula is C26H29ClF3N7O2. The molecule has 2 aliphatic heterocycles. The number of nitrogens with zero attached hydrogens (tertiary/aromatic N) is 5. The van der Waals surface area contributed by atoms with E-state index < -0.39 is 23.9 Å². The lowest BCUT2D eigenvalue weighted by atomic mass is 10.1. The highest BCUT2D eigenvalue weighted by Crippen LogP contribution is 2.30. The van der Waals surface area contributed by atoms with Crippen LogP contribution in [0.1, 0.15) is 34.2 Å². The van der Waals surface area contributed by atoms with E-state index in [9.17, 15) is 18.0 Å². The number of nitrogens with one attached hydrogen (secondary N) is 2.